The van der Waals surface area contributed by atoms with Crippen molar-refractivity contribution in [2.45, 2.75) is 38.8 Å². The van der Waals surface area contributed by atoms with E-state index in [4.69, 9.17) is 4.74 Å². The Morgan fingerprint density at radius 1 is 1.16 bits per heavy atom. The van der Waals surface area contributed by atoms with Crippen LogP contribution in [0.25, 0.3) is 0 Å². The molecule has 1 amide bonds. The number of amides is 1. The van der Waals surface area contributed by atoms with Crippen LogP contribution in [0.15, 0.2) is 48.5 Å². The zero-order valence-electron chi connectivity index (χ0n) is 17.6. The number of rotatable bonds is 8. The molecule has 0 spiro atoms. The monoisotopic (exact) mass is 446 g/mol. The number of hydrogen-bond donors (Lipinski definition) is 0. The second-order valence-corrected chi connectivity index (χ2v) is 10.2. The number of nitrogens with zero attached hydrogens (tertiary/aromatic N) is 2. The molecular formula is C22H26N2O6S. The number of nitro benzene ring substituents is 1. The molecule has 2 aromatic rings. The summed E-state index contributed by atoms with van der Waals surface area (Å²) in [5.74, 6) is 0.409. The van der Waals surface area contributed by atoms with Gasteiger partial charge >= 0.3 is 0 Å². The Kier molecular flexibility index (Phi) is 6.94. The number of benzene rings is 2. The maximum Gasteiger partial charge on any atom is 0.269 e. The fourth-order valence-corrected chi connectivity index (χ4v) is 5.27. The molecule has 1 heterocycles. The highest BCUT2D eigenvalue weighted by Crippen LogP contribution is 2.23. The molecule has 3 rings (SSSR count). The van der Waals surface area contributed by atoms with Gasteiger partial charge in [0.1, 0.15) is 5.75 Å². The summed E-state index contributed by atoms with van der Waals surface area (Å²) in [5.41, 5.74) is 2.03. The predicted octanol–water partition coefficient (Wildman–Crippen LogP) is 3.31. The van der Waals surface area contributed by atoms with E-state index < -0.39 is 20.8 Å². The van der Waals surface area contributed by atoms with Crippen molar-refractivity contribution < 1.29 is 22.9 Å². The average Bonchev–Trinajstić information content (AvgIpc) is 3.10. The van der Waals surface area contributed by atoms with E-state index in [-0.39, 0.29) is 29.7 Å². The minimum absolute atomic E-state index is 0.0552. The van der Waals surface area contributed by atoms with Crippen molar-refractivity contribution in [3.8, 4) is 5.75 Å². The van der Waals surface area contributed by atoms with Crippen molar-refractivity contribution in [3.63, 3.8) is 0 Å². The first-order chi connectivity index (χ1) is 14.6. The van der Waals surface area contributed by atoms with E-state index in [0.29, 0.717) is 24.6 Å². The van der Waals surface area contributed by atoms with Crippen molar-refractivity contribution in [1.29, 1.82) is 0 Å². The molecule has 0 aliphatic carbocycles. The van der Waals surface area contributed by atoms with Gasteiger partial charge in [0.2, 0.25) is 0 Å². The third kappa shape index (κ3) is 6.04. The van der Waals surface area contributed by atoms with Crippen LogP contribution < -0.4 is 4.74 Å². The van der Waals surface area contributed by atoms with Gasteiger partial charge < -0.3 is 9.64 Å². The number of sulfone groups is 1. The Labute approximate surface area is 181 Å². The highest BCUT2D eigenvalue weighted by atomic mass is 32.2. The third-order valence-electron chi connectivity index (χ3n) is 5.38. The first-order valence-electron chi connectivity index (χ1n) is 10.1. The molecule has 31 heavy (non-hydrogen) atoms. The van der Waals surface area contributed by atoms with Crippen molar-refractivity contribution in [3.05, 3.63) is 69.8 Å². The van der Waals surface area contributed by atoms with Crippen molar-refractivity contribution >= 4 is 21.4 Å². The van der Waals surface area contributed by atoms with Gasteiger partial charge in [0, 0.05) is 24.7 Å². The number of ether oxygens (including phenoxy) is 1. The van der Waals surface area contributed by atoms with Gasteiger partial charge in [-0.2, -0.15) is 0 Å². The van der Waals surface area contributed by atoms with Crippen LogP contribution >= 0.6 is 0 Å². The molecule has 2 aromatic carbocycles. The fourth-order valence-electron chi connectivity index (χ4n) is 3.54. The molecule has 0 unspecified atom stereocenters. The molecular weight excluding hydrogens is 420 g/mol. The zero-order valence-corrected chi connectivity index (χ0v) is 18.4. The van der Waals surface area contributed by atoms with Crippen LogP contribution in [0.1, 0.15) is 37.3 Å². The second kappa shape index (κ2) is 9.47. The molecule has 0 aromatic heterocycles. The molecule has 1 fully saturated rings. The van der Waals surface area contributed by atoms with Crippen LogP contribution in [0.2, 0.25) is 0 Å². The lowest BCUT2D eigenvalue weighted by molar-refractivity contribution is -0.384. The van der Waals surface area contributed by atoms with Gasteiger partial charge in [-0.1, -0.05) is 38.1 Å². The van der Waals surface area contributed by atoms with Crippen molar-refractivity contribution in [2.75, 3.05) is 18.1 Å². The van der Waals surface area contributed by atoms with Crippen molar-refractivity contribution in [2.24, 2.45) is 0 Å². The predicted molar refractivity (Wildman–Crippen MR) is 117 cm³/mol. The molecule has 1 aliphatic rings. The van der Waals surface area contributed by atoms with Gasteiger partial charge in [0.05, 0.1) is 16.4 Å². The van der Waals surface area contributed by atoms with Gasteiger partial charge in [0.25, 0.3) is 11.6 Å². The van der Waals surface area contributed by atoms with E-state index in [9.17, 15) is 23.3 Å². The minimum Gasteiger partial charge on any atom is -0.484 e. The lowest BCUT2D eigenvalue weighted by Gasteiger charge is -2.28. The highest BCUT2D eigenvalue weighted by molar-refractivity contribution is 7.91. The number of non-ortho nitro benzene ring substituents is 1. The summed E-state index contributed by atoms with van der Waals surface area (Å²) in [7, 11) is -3.16. The summed E-state index contributed by atoms with van der Waals surface area (Å²) in [6, 6.07) is 13.0. The Bertz CT molecular complexity index is 1030. The molecule has 166 valence electrons. The van der Waals surface area contributed by atoms with Crippen molar-refractivity contribution in [1.82, 2.24) is 4.90 Å². The molecule has 9 heteroatoms. The fraction of sp³-hybridized carbons (Fsp3) is 0.409. The third-order valence-corrected chi connectivity index (χ3v) is 7.13. The van der Waals surface area contributed by atoms with Crippen LogP contribution in [0.3, 0.4) is 0 Å². The summed E-state index contributed by atoms with van der Waals surface area (Å²) < 4.78 is 29.5. The maximum absolute atomic E-state index is 13.0. The lowest BCUT2D eigenvalue weighted by Crippen LogP contribution is -2.43. The van der Waals surface area contributed by atoms with E-state index in [2.05, 4.69) is 13.8 Å². The SMILES string of the molecule is CC(C)c1ccc(CN(C(=O)COc2ccc([N+](=O)[O-])cc2)[C@H]2CCS(=O)(=O)C2)cc1. The Hall–Kier alpha value is -2.94. The van der Waals surface area contributed by atoms with Crippen LogP contribution in [-0.2, 0) is 21.2 Å². The van der Waals surface area contributed by atoms with E-state index in [0.717, 1.165) is 5.56 Å². The number of carbonyl (C=O) groups excluding carboxylic acids is 1. The van der Waals surface area contributed by atoms with Gasteiger partial charge in [-0.25, -0.2) is 8.42 Å². The normalized spacial score (nSPS) is 17.5. The topological polar surface area (TPSA) is 107 Å². The van der Waals surface area contributed by atoms with Gasteiger partial charge in [-0.3, -0.25) is 14.9 Å². The van der Waals surface area contributed by atoms with Crippen LogP contribution in [0.5, 0.6) is 5.75 Å². The standard InChI is InChI=1S/C22H26N2O6S/c1-16(2)18-5-3-17(4-6-18)13-23(20-11-12-31(28,29)15-20)22(25)14-30-21-9-7-19(8-10-21)24(26)27/h3-10,16,20H,11-15H2,1-2H3/t20-/m0/s1. The molecule has 0 bridgehead atoms. The Morgan fingerprint density at radius 3 is 2.32 bits per heavy atom. The van der Waals surface area contributed by atoms with E-state index in [1.807, 2.05) is 24.3 Å². The first kappa shape index (κ1) is 22.7. The van der Waals surface area contributed by atoms with E-state index >= 15 is 0 Å². The molecule has 1 atom stereocenters. The van der Waals surface area contributed by atoms with E-state index in [1.54, 1.807) is 4.90 Å². The molecule has 8 nitrogen and oxygen atoms in total. The summed E-state index contributed by atoms with van der Waals surface area (Å²) in [6.45, 7) is 4.22. The van der Waals surface area contributed by atoms with Gasteiger partial charge in [-0.15, -0.1) is 0 Å². The van der Waals surface area contributed by atoms with Crippen LogP contribution in [0, 0.1) is 10.1 Å². The second-order valence-electron chi connectivity index (χ2n) is 8.01. The first-order valence-corrected chi connectivity index (χ1v) is 11.9. The van der Waals surface area contributed by atoms with Crippen LogP contribution in [-0.4, -0.2) is 48.3 Å². The highest BCUT2D eigenvalue weighted by Gasteiger charge is 2.34. The summed E-state index contributed by atoms with van der Waals surface area (Å²) >= 11 is 0. The Balaban J connectivity index is 1.72. The minimum atomic E-state index is -3.16. The summed E-state index contributed by atoms with van der Waals surface area (Å²) in [6.07, 6.45) is 0.398. The maximum atomic E-state index is 13.0. The van der Waals surface area contributed by atoms with Gasteiger partial charge in [-0.05, 0) is 35.6 Å². The molecule has 0 N–H and O–H groups in total. The molecule has 1 aliphatic heterocycles. The summed E-state index contributed by atoms with van der Waals surface area (Å²) in [4.78, 5) is 24.8. The number of nitro groups is 1. The number of hydrogen-bond acceptors (Lipinski definition) is 6. The lowest BCUT2D eigenvalue weighted by atomic mass is 10.0. The zero-order chi connectivity index (χ0) is 22.6. The van der Waals surface area contributed by atoms with Crippen LogP contribution in [0.4, 0.5) is 5.69 Å². The largest absolute Gasteiger partial charge is 0.484 e. The van der Waals surface area contributed by atoms with E-state index in [1.165, 1.54) is 29.8 Å². The average molecular weight is 447 g/mol. The number of carbonyl (C=O) groups is 1. The molecule has 0 saturated carbocycles. The Morgan fingerprint density at radius 2 is 1.81 bits per heavy atom. The quantitative estimate of drug-likeness (QED) is 0.455. The summed E-state index contributed by atoms with van der Waals surface area (Å²) in [5, 5.41) is 10.8. The van der Waals surface area contributed by atoms with Gasteiger partial charge in [0.15, 0.2) is 16.4 Å². The molecule has 0 radical (unpaired) electrons. The smallest absolute Gasteiger partial charge is 0.269 e. The molecule has 1 saturated heterocycles.